The average molecular weight is 877 g/mol. The molecule has 1 aromatic rings. The van der Waals surface area contributed by atoms with Crippen molar-refractivity contribution in [1.82, 2.24) is 0 Å². The maximum atomic E-state index is 11.6. The quantitative estimate of drug-likeness (QED) is 0.208. The molecule has 0 bridgehead atoms. The van der Waals surface area contributed by atoms with Crippen molar-refractivity contribution in [2.75, 3.05) is 45.8 Å². The van der Waals surface area contributed by atoms with Crippen molar-refractivity contribution in [3.63, 3.8) is 0 Å². The summed E-state index contributed by atoms with van der Waals surface area (Å²) in [6.07, 6.45) is -11.0. The van der Waals surface area contributed by atoms with Crippen LogP contribution in [0.4, 0.5) is 39.5 Å². The molecule has 1 rings (SSSR count). The van der Waals surface area contributed by atoms with Crippen LogP contribution in [-0.4, -0.2) is 72.8 Å². The van der Waals surface area contributed by atoms with E-state index in [9.17, 15) is 57.1 Å². The number of halogens is 9. The molecule has 1 aromatic carbocycles. The summed E-state index contributed by atoms with van der Waals surface area (Å²) < 4.78 is 145. The molecule has 0 aliphatic rings. The third-order valence-corrected chi connectivity index (χ3v) is 6.25. The molecule has 0 saturated carbocycles. The van der Waals surface area contributed by atoms with E-state index in [1.165, 1.54) is 6.42 Å². The van der Waals surface area contributed by atoms with Gasteiger partial charge in [-0.25, -0.2) is 8.42 Å². The SMILES string of the molecule is CC(C)(C(F)(F)F)C(F)(F)F.CC(C)(C)C.CC(C)(C)C.CC(C)(C)C(F)(F)F.CCC(C)(C)C.CP(C)(=O)c1ccccc1.CP(C)(C)=O.CS(C)(=O)=O. The summed E-state index contributed by atoms with van der Waals surface area (Å²) in [7, 11) is -6.32. The molecule has 0 fully saturated rings. The molecule has 0 amide bonds. The summed E-state index contributed by atoms with van der Waals surface area (Å²) in [5, 5.41) is 0.954. The van der Waals surface area contributed by atoms with Crippen LogP contribution in [-0.2, 0) is 19.0 Å². The van der Waals surface area contributed by atoms with E-state index in [4.69, 9.17) is 0 Å². The monoisotopic (exact) mass is 877 g/mol. The van der Waals surface area contributed by atoms with Gasteiger partial charge in [0.1, 0.15) is 17.0 Å². The first-order valence-electron chi connectivity index (χ1n) is 17.4. The second-order valence-electron chi connectivity index (χ2n) is 20.0. The second kappa shape index (κ2) is 26.2. The highest BCUT2D eigenvalue weighted by Gasteiger charge is 2.64. The Morgan fingerprint density at radius 3 is 0.727 bits per heavy atom. The molecule has 0 atom stereocenters. The van der Waals surface area contributed by atoms with Gasteiger partial charge in [-0.2, -0.15) is 39.5 Å². The number of benzene rings is 1. The van der Waals surface area contributed by atoms with Crippen LogP contribution in [0.5, 0.6) is 0 Å². The summed E-state index contributed by atoms with van der Waals surface area (Å²) in [6.45, 7) is 38.9. The van der Waals surface area contributed by atoms with Crippen LogP contribution in [0, 0.1) is 27.1 Å². The van der Waals surface area contributed by atoms with E-state index in [1.54, 1.807) is 33.3 Å². The molecule has 0 radical (unpaired) electrons. The standard InChI is InChI=1S/C8H11OP.C6H14.C5H6F6.C5H9F3.2C5H12.C3H9OP.C2H6O2S/c1-10(2,9)8-6-4-3-5-7-8;1-5-6(2,3)4;1-3(2,4(6,7)8)5(9,10)11;1-4(2,3)5(6,7)8;4*1-5(2,3)4/h3-7H,1-2H3;5H2,1-4H3;1-2H3;1-3H3;2*1-4H3;1-3H3;1-2H3. The fourth-order valence-electron chi connectivity index (χ4n) is 0.948. The second-order valence-corrected chi connectivity index (χ2v) is 29.3. The van der Waals surface area contributed by atoms with Gasteiger partial charge < -0.3 is 9.13 Å². The van der Waals surface area contributed by atoms with Crippen LogP contribution in [0.3, 0.4) is 0 Å². The first kappa shape index (κ1) is 68.7. The lowest BCUT2D eigenvalue weighted by Crippen LogP contribution is -2.44. The van der Waals surface area contributed by atoms with Gasteiger partial charge in [0.15, 0.2) is 5.41 Å². The van der Waals surface area contributed by atoms with E-state index in [0.29, 0.717) is 16.2 Å². The molecule has 0 N–H and O–H groups in total. The molecule has 338 valence electrons. The molecular formula is C39H79F9O4P2S. The number of sulfone groups is 1. The summed E-state index contributed by atoms with van der Waals surface area (Å²) in [6, 6.07) is 9.56. The lowest BCUT2D eigenvalue weighted by molar-refractivity contribution is -0.327. The van der Waals surface area contributed by atoms with E-state index in [2.05, 4.69) is 83.1 Å². The summed E-state index contributed by atoms with van der Waals surface area (Å²) >= 11 is 0. The van der Waals surface area contributed by atoms with Crippen LogP contribution in [0.15, 0.2) is 30.3 Å². The maximum absolute atomic E-state index is 11.6. The Morgan fingerprint density at radius 2 is 0.673 bits per heavy atom. The van der Waals surface area contributed by atoms with Gasteiger partial charge in [0.25, 0.3) is 0 Å². The van der Waals surface area contributed by atoms with Crippen molar-refractivity contribution in [2.24, 2.45) is 27.1 Å². The van der Waals surface area contributed by atoms with Crippen molar-refractivity contribution in [2.45, 2.75) is 143 Å². The topological polar surface area (TPSA) is 68.3 Å². The van der Waals surface area contributed by atoms with E-state index < -0.39 is 53.5 Å². The first-order chi connectivity index (χ1) is 22.9. The molecule has 4 nitrogen and oxygen atoms in total. The van der Waals surface area contributed by atoms with E-state index in [1.807, 2.05) is 30.3 Å². The average Bonchev–Trinajstić information content (AvgIpc) is 2.78. The number of hydrogen-bond donors (Lipinski definition) is 0. The van der Waals surface area contributed by atoms with Gasteiger partial charge in [0.2, 0.25) is 0 Å². The fraction of sp³-hybridized carbons (Fsp3) is 0.846. The van der Waals surface area contributed by atoms with Gasteiger partial charge in [-0.05, 0) is 63.4 Å². The minimum atomic E-state index is -5.24. The lowest BCUT2D eigenvalue weighted by atomic mass is 9.92. The van der Waals surface area contributed by atoms with Gasteiger partial charge in [-0.15, -0.1) is 0 Å². The molecule has 0 unspecified atom stereocenters. The zero-order valence-corrected chi connectivity index (χ0v) is 41.0. The van der Waals surface area contributed by atoms with Crippen LogP contribution >= 0.6 is 14.3 Å². The van der Waals surface area contributed by atoms with E-state index >= 15 is 0 Å². The van der Waals surface area contributed by atoms with E-state index in [0.717, 1.165) is 38.6 Å². The number of alkyl halides is 9. The zero-order chi connectivity index (χ0) is 47.3. The van der Waals surface area contributed by atoms with Crippen LogP contribution in [0.2, 0.25) is 0 Å². The molecule has 0 aliphatic heterocycles. The summed E-state index contributed by atoms with van der Waals surface area (Å²) in [5.74, 6) is 0. The minimum Gasteiger partial charge on any atom is -0.324 e. The molecule has 0 heterocycles. The highest BCUT2D eigenvalue weighted by molar-refractivity contribution is 7.89. The Kier molecular flexibility index (Phi) is 32.7. The van der Waals surface area contributed by atoms with Crippen molar-refractivity contribution in [1.29, 1.82) is 0 Å². The van der Waals surface area contributed by atoms with Gasteiger partial charge in [-0.3, -0.25) is 0 Å². The molecule has 16 heteroatoms. The van der Waals surface area contributed by atoms with Crippen LogP contribution < -0.4 is 5.30 Å². The van der Waals surface area contributed by atoms with Crippen LogP contribution in [0.1, 0.15) is 124 Å². The maximum Gasteiger partial charge on any atom is 0.402 e. The normalized spacial score (nSPS) is 12.8. The fourth-order valence-corrected chi connectivity index (χ4v) is 1.84. The predicted molar refractivity (Wildman–Crippen MR) is 223 cm³/mol. The third kappa shape index (κ3) is 74.6. The Morgan fingerprint density at radius 1 is 0.509 bits per heavy atom. The smallest absolute Gasteiger partial charge is 0.324 e. The van der Waals surface area contributed by atoms with Crippen molar-refractivity contribution >= 4 is 29.4 Å². The van der Waals surface area contributed by atoms with Gasteiger partial charge in [0.05, 0.1) is 12.6 Å². The predicted octanol–water partition coefficient (Wildman–Crippen LogP) is 15.1. The highest BCUT2D eigenvalue weighted by atomic mass is 32.2. The molecule has 0 aromatic heterocycles. The number of rotatable bonds is 1. The summed E-state index contributed by atoms with van der Waals surface area (Å²) in [4.78, 5) is 0. The van der Waals surface area contributed by atoms with Crippen molar-refractivity contribution < 1.29 is 57.1 Å². The zero-order valence-electron chi connectivity index (χ0n) is 38.4. The Hall–Kier alpha value is -1.00. The molecule has 0 saturated heterocycles. The molecule has 0 spiro atoms. The largest absolute Gasteiger partial charge is 0.402 e. The lowest BCUT2D eigenvalue weighted by Gasteiger charge is -2.29. The Bertz CT molecular complexity index is 1230. The van der Waals surface area contributed by atoms with Gasteiger partial charge in [-0.1, -0.05) is 141 Å². The minimum absolute atomic E-state index is 0.104. The Balaban J connectivity index is -0.0000000980. The van der Waals surface area contributed by atoms with E-state index in [-0.39, 0.29) is 13.8 Å². The number of hydrogen-bond acceptors (Lipinski definition) is 4. The molecule has 55 heavy (non-hydrogen) atoms. The third-order valence-electron chi connectivity index (χ3n) is 4.71. The van der Waals surface area contributed by atoms with Crippen LogP contribution in [0.25, 0.3) is 0 Å². The van der Waals surface area contributed by atoms with Crippen molar-refractivity contribution in [3.8, 4) is 0 Å². The summed E-state index contributed by atoms with van der Waals surface area (Å²) in [5.41, 5.74) is -3.65. The van der Waals surface area contributed by atoms with Gasteiger partial charge >= 0.3 is 18.5 Å². The van der Waals surface area contributed by atoms with Crippen molar-refractivity contribution in [3.05, 3.63) is 30.3 Å². The van der Waals surface area contributed by atoms with Gasteiger partial charge in [0, 0.05) is 17.8 Å². The highest BCUT2D eigenvalue weighted by Crippen LogP contribution is 2.49. The molecular weight excluding hydrogens is 797 g/mol. The first-order valence-corrected chi connectivity index (χ1v) is 25.3. The molecule has 0 aliphatic carbocycles. The Labute approximate surface area is 331 Å².